The first-order valence-electron chi connectivity index (χ1n) is 8.01. The fourth-order valence-corrected chi connectivity index (χ4v) is 2.32. The zero-order chi connectivity index (χ0) is 18.2. The molecular formula is C19H21N3O3. The molecule has 0 aliphatic rings. The highest BCUT2D eigenvalue weighted by Gasteiger charge is 2.14. The first kappa shape index (κ1) is 18.3. The number of aliphatic hydroxyl groups is 1. The third kappa shape index (κ3) is 4.96. The van der Waals surface area contributed by atoms with Crippen LogP contribution in [0.5, 0.6) is 5.75 Å². The van der Waals surface area contributed by atoms with Gasteiger partial charge in [-0.05, 0) is 50.2 Å². The van der Waals surface area contributed by atoms with E-state index in [1.54, 1.807) is 49.4 Å². The van der Waals surface area contributed by atoms with Crippen molar-refractivity contribution in [1.82, 2.24) is 0 Å². The normalized spacial score (nSPS) is 11.3. The van der Waals surface area contributed by atoms with Gasteiger partial charge in [-0.2, -0.15) is 5.26 Å². The van der Waals surface area contributed by atoms with Gasteiger partial charge in [-0.15, -0.1) is 0 Å². The van der Waals surface area contributed by atoms with E-state index in [9.17, 15) is 9.90 Å². The van der Waals surface area contributed by atoms with E-state index >= 15 is 0 Å². The number of ether oxygens (including phenoxy) is 1. The maximum Gasteiger partial charge on any atom is 0.246 e. The van der Waals surface area contributed by atoms with Crippen LogP contribution in [0.4, 0.5) is 11.4 Å². The number of benzene rings is 2. The van der Waals surface area contributed by atoms with Gasteiger partial charge >= 0.3 is 0 Å². The number of nitriles is 1. The minimum Gasteiger partial charge on any atom is -0.494 e. The van der Waals surface area contributed by atoms with Crippen LogP contribution in [0.2, 0.25) is 0 Å². The molecule has 3 N–H and O–H groups in total. The van der Waals surface area contributed by atoms with E-state index in [4.69, 9.17) is 10.00 Å². The molecule has 25 heavy (non-hydrogen) atoms. The predicted octanol–water partition coefficient (Wildman–Crippen LogP) is 2.89. The fraction of sp³-hybridized carbons (Fsp3) is 0.263. The maximum absolute atomic E-state index is 12.3. The minimum atomic E-state index is -0.504. The Bertz CT molecular complexity index is 784. The lowest BCUT2D eigenvalue weighted by Crippen LogP contribution is -2.31. The first-order chi connectivity index (χ1) is 12.1. The van der Waals surface area contributed by atoms with E-state index in [-0.39, 0.29) is 12.5 Å². The largest absolute Gasteiger partial charge is 0.494 e. The van der Waals surface area contributed by atoms with Crippen molar-refractivity contribution >= 4 is 17.3 Å². The first-order valence-corrected chi connectivity index (χ1v) is 8.01. The number of hydrogen-bond donors (Lipinski definition) is 3. The van der Waals surface area contributed by atoms with Crippen LogP contribution in [0.15, 0.2) is 42.5 Å². The van der Waals surface area contributed by atoms with Gasteiger partial charge in [-0.25, -0.2) is 0 Å². The van der Waals surface area contributed by atoms with Crippen molar-refractivity contribution in [2.45, 2.75) is 26.5 Å². The number of rotatable bonds is 7. The molecule has 0 bridgehead atoms. The van der Waals surface area contributed by atoms with Gasteiger partial charge in [0.05, 0.1) is 24.8 Å². The van der Waals surface area contributed by atoms with Crippen LogP contribution in [0.3, 0.4) is 0 Å². The monoisotopic (exact) mass is 339 g/mol. The van der Waals surface area contributed by atoms with E-state index in [1.807, 2.05) is 13.0 Å². The van der Waals surface area contributed by atoms with Crippen LogP contribution >= 0.6 is 0 Å². The van der Waals surface area contributed by atoms with Crippen molar-refractivity contribution in [2.75, 3.05) is 17.2 Å². The molecular weight excluding hydrogens is 318 g/mol. The number of hydrogen-bond acceptors (Lipinski definition) is 5. The van der Waals surface area contributed by atoms with Gasteiger partial charge in [0.1, 0.15) is 11.8 Å². The third-order valence-corrected chi connectivity index (χ3v) is 3.57. The quantitative estimate of drug-likeness (QED) is 0.721. The number of carbonyl (C=O) groups is 1. The van der Waals surface area contributed by atoms with Gasteiger partial charge in [-0.3, -0.25) is 4.79 Å². The lowest BCUT2D eigenvalue weighted by atomic mass is 10.1. The lowest BCUT2D eigenvalue weighted by molar-refractivity contribution is -0.116. The summed E-state index contributed by atoms with van der Waals surface area (Å²) in [6, 6.07) is 13.6. The second-order valence-electron chi connectivity index (χ2n) is 5.46. The van der Waals surface area contributed by atoms with Gasteiger partial charge < -0.3 is 20.5 Å². The molecule has 0 radical (unpaired) electrons. The summed E-state index contributed by atoms with van der Waals surface area (Å²) in [7, 11) is 0. The van der Waals surface area contributed by atoms with Crippen LogP contribution in [-0.2, 0) is 11.4 Å². The number of amides is 1. The average molecular weight is 339 g/mol. The van der Waals surface area contributed by atoms with Crippen LogP contribution in [0.1, 0.15) is 25.0 Å². The Labute approximate surface area is 147 Å². The van der Waals surface area contributed by atoms with Crippen LogP contribution in [-0.4, -0.2) is 23.7 Å². The summed E-state index contributed by atoms with van der Waals surface area (Å²) < 4.78 is 5.44. The third-order valence-electron chi connectivity index (χ3n) is 3.57. The van der Waals surface area contributed by atoms with Crippen molar-refractivity contribution in [3.05, 3.63) is 53.6 Å². The second-order valence-corrected chi connectivity index (χ2v) is 5.46. The van der Waals surface area contributed by atoms with Crippen molar-refractivity contribution in [2.24, 2.45) is 0 Å². The van der Waals surface area contributed by atoms with Gasteiger partial charge in [0.2, 0.25) is 5.91 Å². The average Bonchev–Trinajstić information content (AvgIpc) is 2.63. The number of anilines is 2. The number of nitrogens with one attached hydrogen (secondary N) is 2. The molecule has 0 saturated heterocycles. The standard InChI is InChI=1S/C19H21N3O3/c1-3-25-18-8-7-17(10-15(18)12-23)21-13(2)19(24)22-16-6-4-5-14(9-16)11-20/h4-10,13,21,23H,3,12H2,1-2H3,(H,22,24). The van der Waals surface area contributed by atoms with Crippen molar-refractivity contribution in [3.63, 3.8) is 0 Å². The molecule has 6 heteroatoms. The molecule has 1 unspecified atom stereocenters. The molecule has 1 atom stereocenters. The Hall–Kier alpha value is -3.04. The topological polar surface area (TPSA) is 94.4 Å². The highest BCUT2D eigenvalue weighted by atomic mass is 16.5. The van der Waals surface area contributed by atoms with Crippen LogP contribution in [0.25, 0.3) is 0 Å². The summed E-state index contributed by atoms with van der Waals surface area (Å²) in [4.78, 5) is 12.3. The summed E-state index contributed by atoms with van der Waals surface area (Å²) in [6.45, 7) is 3.98. The molecule has 0 aliphatic heterocycles. The summed E-state index contributed by atoms with van der Waals surface area (Å²) in [6.07, 6.45) is 0. The summed E-state index contributed by atoms with van der Waals surface area (Å²) in [5.74, 6) is 0.399. The molecule has 2 rings (SSSR count). The fourth-order valence-electron chi connectivity index (χ4n) is 2.32. The number of nitrogens with zero attached hydrogens (tertiary/aromatic N) is 1. The number of carbonyl (C=O) groups excluding carboxylic acids is 1. The molecule has 0 saturated carbocycles. The van der Waals surface area contributed by atoms with Crippen LogP contribution in [0, 0.1) is 11.3 Å². The highest BCUT2D eigenvalue weighted by Crippen LogP contribution is 2.23. The second kappa shape index (κ2) is 8.71. The van der Waals surface area contributed by atoms with Gasteiger partial charge in [0.25, 0.3) is 0 Å². The summed E-state index contributed by atoms with van der Waals surface area (Å²) >= 11 is 0. The van der Waals surface area contributed by atoms with Crippen molar-refractivity contribution < 1.29 is 14.6 Å². The van der Waals surface area contributed by atoms with E-state index < -0.39 is 6.04 Å². The SMILES string of the molecule is CCOc1ccc(NC(C)C(=O)Nc2cccc(C#N)c2)cc1CO. The van der Waals surface area contributed by atoms with Crippen molar-refractivity contribution in [1.29, 1.82) is 5.26 Å². The molecule has 6 nitrogen and oxygen atoms in total. The van der Waals surface area contributed by atoms with E-state index in [0.717, 1.165) is 0 Å². The van der Waals surface area contributed by atoms with Gasteiger partial charge in [0.15, 0.2) is 0 Å². The van der Waals surface area contributed by atoms with Gasteiger partial charge in [-0.1, -0.05) is 6.07 Å². The zero-order valence-electron chi connectivity index (χ0n) is 14.2. The Morgan fingerprint density at radius 3 is 2.76 bits per heavy atom. The molecule has 0 aliphatic carbocycles. The van der Waals surface area contributed by atoms with E-state index in [1.165, 1.54) is 0 Å². The highest BCUT2D eigenvalue weighted by molar-refractivity contribution is 5.96. The summed E-state index contributed by atoms with van der Waals surface area (Å²) in [5.41, 5.74) is 2.42. The Kier molecular flexibility index (Phi) is 6.38. The lowest BCUT2D eigenvalue weighted by Gasteiger charge is -2.17. The molecule has 0 fully saturated rings. The predicted molar refractivity (Wildman–Crippen MR) is 96.4 cm³/mol. The smallest absolute Gasteiger partial charge is 0.246 e. The molecule has 130 valence electrons. The maximum atomic E-state index is 12.3. The van der Waals surface area contributed by atoms with Crippen molar-refractivity contribution in [3.8, 4) is 11.8 Å². The summed E-state index contributed by atoms with van der Waals surface area (Å²) in [5, 5.41) is 24.2. The Morgan fingerprint density at radius 2 is 2.08 bits per heavy atom. The molecule has 2 aromatic rings. The molecule has 2 aromatic carbocycles. The zero-order valence-corrected chi connectivity index (χ0v) is 14.2. The molecule has 0 aromatic heterocycles. The minimum absolute atomic E-state index is 0.146. The molecule has 1 amide bonds. The number of aliphatic hydroxyl groups excluding tert-OH is 1. The Morgan fingerprint density at radius 1 is 1.28 bits per heavy atom. The van der Waals surface area contributed by atoms with E-state index in [0.29, 0.717) is 34.9 Å². The van der Waals surface area contributed by atoms with E-state index in [2.05, 4.69) is 10.6 Å². The van der Waals surface area contributed by atoms with Crippen LogP contribution < -0.4 is 15.4 Å². The molecule has 0 spiro atoms. The Balaban J connectivity index is 2.04. The molecule has 0 heterocycles. The van der Waals surface area contributed by atoms with Gasteiger partial charge in [0, 0.05) is 16.9 Å².